The molecule has 0 amide bonds. The quantitative estimate of drug-likeness (QED) is 0.584. The van der Waals surface area contributed by atoms with Crippen LogP contribution in [0.15, 0.2) is 54.6 Å². The number of hydrogen-bond acceptors (Lipinski definition) is 1. The normalized spacial score (nSPS) is 16.8. The Morgan fingerprint density at radius 2 is 1.83 bits per heavy atom. The van der Waals surface area contributed by atoms with Gasteiger partial charge in [0.05, 0.1) is 0 Å². The first-order valence-electron chi connectivity index (χ1n) is 7.18. The number of fused-ring (bicyclic) bond motifs is 3. The van der Waals surface area contributed by atoms with E-state index >= 15 is 0 Å². The summed E-state index contributed by atoms with van der Waals surface area (Å²) in [6, 6.07) is 13.1. The van der Waals surface area contributed by atoms with Crippen molar-refractivity contribution in [2.45, 2.75) is 10.0 Å². The van der Waals surface area contributed by atoms with E-state index in [4.69, 9.17) is 4.74 Å². The summed E-state index contributed by atoms with van der Waals surface area (Å²) < 4.78 is 6.18. The van der Waals surface area contributed by atoms with Crippen molar-refractivity contribution >= 4 is 5.57 Å². The fourth-order valence-corrected chi connectivity index (χ4v) is 4.77. The van der Waals surface area contributed by atoms with Crippen molar-refractivity contribution in [2.75, 3.05) is 7.11 Å². The van der Waals surface area contributed by atoms with E-state index in [0.29, 0.717) is 3.63 Å². The molecular weight excluding hydrogens is 406 g/mol. The maximum Gasteiger partial charge on any atom is -1.00 e. The second-order valence-corrected chi connectivity index (χ2v) is 6.87. The molecule has 4 heteroatoms. The van der Waals surface area contributed by atoms with Gasteiger partial charge in [-0.25, -0.2) is 0 Å². The molecule has 115 valence electrons. The molecule has 4 rings (SSSR count). The fraction of sp³-hybridized carbons (Fsp3) is 0.158. The van der Waals surface area contributed by atoms with Crippen molar-refractivity contribution in [3.63, 3.8) is 0 Å². The predicted molar refractivity (Wildman–Crippen MR) is 82.0 cm³/mol. The Morgan fingerprint density at radius 3 is 2.52 bits per heavy atom. The van der Waals surface area contributed by atoms with Gasteiger partial charge in [0.15, 0.2) is 0 Å². The molecule has 0 saturated carbocycles. The van der Waals surface area contributed by atoms with E-state index in [1.165, 1.54) is 58.1 Å². The van der Waals surface area contributed by atoms with Crippen molar-refractivity contribution in [3.05, 3.63) is 71.3 Å². The Morgan fingerprint density at radius 1 is 1.04 bits per heavy atom. The summed E-state index contributed by atoms with van der Waals surface area (Å²) in [5, 5.41) is 0. The van der Waals surface area contributed by atoms with Crippen molar-refractivity contribution in [1.29, 1.82) is 0 Å². The third-order valence-corrected chi connectivity index (χ3v) is 5.84. The summed E-state index contributed by atoms with van der Waals surface area (Å²) in [7, 11) is 1.77. The Kier molecular flexibility index (Phi) is 5.95. The number of ether oxygens (including phenoxy) is 1. The Balaban J connectivity index is 0.000000960. The summed E-state index contributed by atoms with van der Waals surface area (Å²) in [5.74, 6) is 1.00. The van der Waals surface area contributed by atoms with Crippen LogP contribution in [0.5, 0.6) is 5.75 Å². The molecule has 0 radical (unpaired) electrons. The van der Waals surface area contributed by atoms with E-state index in [1.807, 2.05) is 0 Å². The molecule has 1 nitrogen and oxygen atoms in total. The molecule has 0 N–H and O–H groups in total. The van der Waals surface area contributed by atoms with Crippen molar-refractivity contribution in [3.8, 4) is 16.9 Å². The van der Waals surface area contributed by atoms with E-state index in [9.17, 15) is 0 Å². The third-order valence-electron chi connectivity index (χ3n) is 4.37. The van der Waals surface area contributed by atoms with Crippen LogP contribution in [0.2, 0.25) is 0 Å². The summed E-state index contributed by atoms with van der Waals surface area (Å²) in [4.78, 5) is 0. The Labute approximate surface area is 164 Å². The summed E-state index contributed by atoms with van der Waals surface area (Å²) in [6.07, 6.45) is 7.60. The first-order valence-corrected chi connectivity index (χ1v) is 8.60. The fourth-order valence-electron chi connectivity index (χ4n) is 3.42. The van der Waals surface area contributed by atoms with Gasteiger partial charge in [-0.15, -0.1) is 0 Å². The second-order valence-electron chi connectivity index (χ2n) is 5.45. The number of hydrogen-bond donors (Lipinski definition) is 0. The molecule has 2 aliphatic carbocycles. The summed E-state index contributed by atoms with van der Waals surface area (Å²) >= 11 is 1.54. The largest absolute Gasteiger partial charge is 1.00 e. The van der Waals surface area contributed by atoms with Crippen LogP contribution in [0.1, 0.15) is 26.7 Å². The monoisotopic (exact) mass is 419 g/mol. The number of methoxy groups -OCH3 is 1. The van der Waals surface area contributed by atoms with Gasteiger partial charge in [0, 0.05) is 0 Å². The minimum Gasteiger partial charge on any atom is -1.00 e. The second kappa shape index (κ2) is 7.38. The van der Waals surface area contributed by atoms with Gasteiger partial charge >= 0.3 is 140 Å². The molecule has 0 fully saturated rings. The van der Waals surface area contributed by atoms with Crippen LogP contribution in [0.25, 0.3) is 16.7 Å². The molecule has 2 aromatic rings. The zero-order valence-corrected chi connectivity index (χ0v) is 16.6. The van der Waals surface area contributed by atoms with Crippen LogP contribution in [-0.4, -0.2) is 7.11 Å². The van der Waals surface area contributed by atoms with Gasteiger partial charge in [0.2, 0.25) is 0 Å². The van der Waals surface area contributed by atoms with Crippen molar-refractivity contribution < 1.29 is 54.3 Å². The van der Waals surface area contributed by atoms with Crippen LogP contribution in [0.3, 0.4) is 0 Å². The minimum atomic E-state index is 0. The Hall–Kier alpha value is -0.817. The average molecular weight is 421 g/mol. The van der Waals surface area contributed by atoms with Crippen LogP contribution < -0.4 is 29.6 Å². The third kappa shape index (κ3) is 2.86. The molecule has 0 spiro atoms. The van der Waals surface area contributed by atoms with Crippen LogP contribution in [-0.2, 0) is 24.7 Å². The summed E-state index contributed by atoms with van der Waals surface area (Å²) in [6.45, 7) is 0. The molecule has 0 saturated heterocycles. The number of rotatable bonds is 2. The molecule has 0 bridgehead atoms. The predicted octanol–water partition coefficient (Wildman–Crippen LogP) is -1.34. The zero-order valence-electron chi connectivity index (χ0n) is 12.6. The van der Waals surface area contributed by atoms with E-state index in [1.54, 1.807) is 7.11 Å². The number of allylic oxidation sites excluding steroid dienone is 4. The SMILES string of the molecule is COc1ccc2c(c1C1=CC=CC1)[CH]([Zr+2])c1ccccc1-2.[Cl-].[Cl-]. The van der Waals surface area contributed by atoms with Crippen LogP contribution >= 0.6 is 0 Å². The molecule has 23 heavy (non-hydrogen) atoms. The Bertz CT molecular complexity index is 796. The summed E-state index contributed by atoms with van der Waals surface area (Å²) in [5.41, 5.74) is 8.40. The molecular formula is C19H15Cl2OZr. The van der Waals surface area contributed by atoms with Crippen molar-refractivity contribution in [1.82, 2.24) is 0 Å². The minimum absolute atomic E-state index is 0. The van der Waals surface area contributed by atoms with E-state index < -0.39 is 0 Å². The maximum atomic E-state index is 5.67. The average Bonchev–Trinajstić information content (AvgIpc) is 3.15. The molecule has 0 aromatic heterocycles. The molecule has 2 aromatic carbocycles. The first-order chi connectivity index (χ1) is 10.3. The van der Waals surface area contributed by atoms with Gasteiger partial charge in [0.1, 0.15) is 0 Å². The first kappa shape index (κ1) is 18.5. The van der Waals surface area contributed by atoms with Gasteiger partial charge in [-0.3, -0.25) is 0 Å². The van der Waals surface area contributed by atoms with Gasteiger partial charge < -0.3 is 24.8 Å². The molecule has 0 aliphatic heterocycles. The molecule has 0 heterocycles. The number of halogens is 2. The van der Waals surface area contributed by atoms with E-state index in [2.05, 4.69) is 54.6 Å². The maximum absolute atomic E-state index is 5.67. The van der Waals surface area contributed by atoms with Gasteiger partial charge in [-0.1, -0.05) is 0 Å². The molecule has 1 unspecified atom stereocenters. The molecule has 2 aliphatic rings. The van der Waals surface area contributed by atoms with Gasteiger partial charge in [0.25, 0.3) is 0 Å². The smallest absolute Gasteiger partial charge is 1.00 e. The van der Waals surface area contributed by atoms with Crippen LogP contribution in [0.4, 0.5) is 0 Å². The number of benzene rings is 2. The van der Waals surface area contributed by atoms with Crippen molar-refractivity contribution in [2.24, 2.45) is 0 Å². The standard InChI is InChI=1S/C19H15O.2ClH.Zr/c1-20-18-11-10-16-15-9-5-4-8-14(15)12-17(16)19(18)13-6-2-3-7-13;;;/h2-6,8-12H,7H2,1H3;2*1H;/q;;;+2/p-2. The molecule has 1 atom stereocenters. The van der Waals surface area contributed by atoms with E-state index in [0.717, 1.165) is 12.2 Å². The van der Waals surface area contributed by atoms with Crippen LogP contribution in [0, 0.1) is 0 Å². The van der Waals surface area contributed by atoms with E-state index in [-0.39, 0.29) is 24.8 Å². The topological polar surface area (TPSA) is 9.23 Å². The van der Waals surface area contributed by atoms with Gasteiger partial charge in [-0.05, 0) is 0 Å². The zero-order chi connectivity index (χ0) is 14.4. The van der Waals surface area contributed by atoms with Gasteiger partial charge in [-0.2, -0.15) is 0 Å².